The number of ether oxygens (including phenoxy) is 1. The minimum Gasteiger partial charge on any atom is -0.466 e. The fraction of sp³-hybridized carbons (Fsp3) is 0.500. The van der Waals surface area contributed by atoms with Gasteiger partial charge in [-0.2, -0.15) is 13.2 Å². The molecule has 3 atom stereocenters. The second-order valence-corrected chi connectivity index (χ2v) is 5.97. The van der Waals surface area contributed by atoms with Gasteiger partial charge in [0, 0.05) is 4.88 Å². The van der Waals surface area contributed by atoms with Gasteiger partial charge in [-0.25, -0.2) is 0 Å². The van der Waals surface area contributed by atoms with Gasteiger partial charge in [-0.15, -0.1) is 11.3 Å². The molecule has 1 aromatic rings. The SMILES string of the molecule is CCOC(=O)[C@H]1[C@@H](c2cccs2)NC(=S)N[C@]1(O)C(F)(F)F. The van der Waals surface area contributed by atoms with Crippen LogP contribution < -0.4 is 10.6 Å². The van der Waals surface area contributed by atoms with Crippen LogP contribution in [0, 0.1) is 5.92 Å². The molecule has 10 heteroatoms. The van der Waals surface area contributed by atoms with Crippen LogP contribution in [0.25, 0.3) is 0 Å². The molecule has 0 aliphatic carbocycles. The Labute approximate surface area is 133 Å². The van der Waals surface area contributed by atoms with Crippen molar-refractivity contribution in [2.75, 3.05) is 6.61 Å². The first-order valence-electron chi connectivity index (χ1n) is 6.28. The fourth-order valence-electron chi connectivity index (χ4n) is 2.24. The first-order chi connectivity index (χ1) is 10.2. The fourth-order valence-corrected chi connectivity index (χ4v) is 3.34. The molecule has 0 aromatic carbocycles. The molecule has 0 radical (unpaired) electrons. The smallest absolute Gasteiger partial charge is 0.437 e. The molecule has 2 heterocycles. The zero-order valence-corrected chi connectivity index (χ0v) is 12.9. The van der Waals surface area contributed by atoms with Crippen LogP contribution in [-0.2, 0) is 9.53 Å². The van der Waals surface area contributed by atoms with E-state index in [2.05, 4.69) is 5.32 Å². The number of carbonyl (C=O) groups is 1. The molecule has 1 aliphatic rings. The highest BCUT2D eigenvalue weighted by Crippen LogP contribution is 2.43. The number of halogens is 3. The molecule has 1 aliphatic heterocycles. The van der Waals surface area contributed by atoms with Crippen LogP contribution >= 0.6 is 23.6 Å². The summed E-state index contributed by atoms with van der Waals surface area (Å²) in [6.07, 6.45) is -5.12. The van der Waals surface area contributed by atoms with Gasteiger partial charge in [-0.05, 0) is 30.6 Å². The van der Waals surface area contributed by atoms with E-state index < -0.39 is 34.9 Å². The van der Waals surface area contributed by atoms with Crippen molar-refractivity contribution >= 4 is 34.6 Å². The molecule has 3 N–H and O–H groups in total. The number of alkyl halides is 3. The zero-order valence-electron chi connectivity index (χ0n) is 11.3. The molecule has 2 rings (SSSR count). The summed E-state index contributed by atoms with van der Waals surface area (Å²) in [5, 5.41) is 15.8. The molecule has 0 spiro atoms. The molecule has 0 unspecified atom stereocenters. The number of rotatable bonds is 3. The van der Waals surface area contributed by atoms with Crippen LogP contribution in [0.5, 0.6) is 0 Å². The lowest BCUT2D eigenvalue weighted by Crippen LogP contribution is -2.72. The van der Waals surface area contributed by atoms with Gasteiger partial charge in [0.25, 0.3) is 5.72 Å². The van der Waals surface area contributed by atoms with Gasteiger partial charge < -0.3 is 20.5 Å². The average Bonchev–Trinajstić information content (AvgIpc) is 2.90. The van der Waals surface area contributed by atoms with Gasteiger partial charge in [-0.1, -0.05) is 6.07 Å². The first kappa shape index (κ1) is 17.0. The van der Waals surface area contributed by atoms with Crippen molar-refractivity contribution in [1.82, 2.24) is 10.6 Å². The predicted molar refractivity (Wildman–Crippen MR) is 77.1 cm³/mol. The number of hydrogen-bond acceptors (Lipinski definition) is 5. The molecular formula is C12H13F3N2O3S2. The Bertz CT molecular complexity index is 564. The number of thiophene rings is 1. The lowest BCUT2D eigenvalue weighted by molar-refractivity contribution is -0.292. The number of esters is 1. The van der Waals surface area contributed by atoms with Crippen molar-refractivity contribution in [3.63, 3.8) is 0 Å². The first-order valence-corrected chi connectivity index (χ1v) is 7.57. The molecular weight excluding hydrogens is 341 g/mol. The quantitative estimate of drug-likeness (QED) is 0.567. The van der Waals surface area contributed by atoms with Gasteiger partial charge in [0.15, 0.2) is 5.11 Å². The summed E-state index contributed by atoms with van der Waals surface area (Å²) >= 11 is 5.89. The number of thiocarbonyl (C=S) groups is 1. The Hall–Kier alpha value is -1.39. The molecule has 5 nitrogen and oxygen atoms in total. The summed E-state index contributed by atoms with van der Waals surface area (Å²) in [4.78, 5) is 12.5. The third-order valence-corrected chi connectivity index (χ3v) is 4.37. The van der Waals surface area contributed by atoms with E-state index in [1.807, 2.05) is 0 Å². The highest BCUT2D eigenvalue weighted by molar-refractivity contribution is 7.80. The van der Waals surface area contributed by atoms with Crippen molar-refractivity contribution in [2.24, 2.45) is 5.92 Å². The van der Waals surface area contributed by atoms with E-state index in [9.17, 15) is 23.1 Å². The van der Waals surface area contributed by atoms with E-state index in [1.165, 1.54) is 6.92 Å². The Morgan fingerprint density at radius 2 is 2.27 bits per heavy atom. The lowest BCUT2D eigenvalue weighted by atomic mass is 9.85. The topological polar surface area (TPSA) is 70.6 Å². The highest BCUT2D eigenvalue weighted by Gasteiger charge is 2.66. The van der Waals surface area contributed by atoms with Crippen LogP contribution in [0.3, 0.4) is 0 Å². The van der Waals surface area contributed by atoms with Crippen molar-refractivity contribution in [3.05, 3.63) is 22.4 Å². The summed E-state index contributed by atoms with van der Waals surface area (Å²) in [6.45, 7) is 1.36. The Morgan fingerprint density at radius 1 is 1.59 bits per heavy atom. The third kappa shape index (κ3) is 2.90. The molecule has 1 fully saturated rings. The normalized spacial score (nSPS) is 28.7. The summed E-state index contributed by atoms with van der Waals surface area (Å²) in [6, 6.07) is 2.04. The predicted octanol–water partition coefficient (Wildman–Crippen LogP) is 1.70. The van der Waals surface area contributed by atoms with Gasteiger partial charge in [0.2, 0.25) is 0 Å². The largest absolute Gasteiger partial charge is 0.466 e. The molecule has 122 valence electrons. The molecule has 22 heavy (non-hydrogen) atoms. The van der Waals surface area contributed by atoms with E-state index >= 15 is 0 Å². The number of aliphatic hydroxyl groups is 1. The van der Waals surface area contributed by atoms with E-state index in [4.69, 9.17) is 17.0 Å². The number of hydrogen-bond donors (Lipinski definition) is 3. The number of carbonyl (C=O) groups excluding carboxylic acids is 1. The highest BCUT2D eigenvalue weighted by atomic mass is 32.1. The Morgan fingerprint density at radius 3 is 2.77 bits per heavy atom. The van der Waals surface area contributed by atoms with Crippen LogP contribution in [0.4, 0.5) is 13.2 Å². The lowest BCUT2D eigenvalue weighted by Gasteiger charge is -2.45. The van der Waals surface area contributed by atoms with Crippen molar-refractivity contribution < 1.29 is 27.8 Å². The summed E-state index contributed by atoms with van der Waals surface area (Å²) in [5.74, 6) is -3.10. The maximum Gasteiger partial charge on any atom is 0.437 e. The second kappa shape index (κ2) is 6.01. The zero-order chi connectivity index (χ0) is 16.5. The maximum atomic E-state index is 13.4. The van der Waals surface area contributed by atoms with Gasteiger partial charge in [0.05, 0.1) is 12.6 Å². The van der Waals surface area contributed by atoms with Crippen LogP contribution in [-0.4, -0.2) is 34.7 Å². The van der Waals surface area contributed by atoms with E-state index in [0.717, 1.165) is 11.3 Å². The summed E-state index contributed by atoms with van der Waals surface area (Å²) in [7, 11) is 0. The number of nitrogens with one attached hydrogen (secondary N) is 2. The molecule has 0 saturated carbocycles. The van der Waals surface area contributed by atoms with E-state index in [1.54, 1.807) is 22.8 Å². The standard InChI is InChI=1S/C12H13F3N2O3S2/c1-2-20-9(18)7-8(6-4-3-5-22-6)16-10(21)17-11(7,19)12(13,14)15/h3-5,7-8,19H,2H2,1H3,(H2,16,17,21)/t7-,8-,11-/m1/s1. The van der Waals surface area contributed by atoms with Crippen molar-refractivity contribution in [1.29, 1.82) is 0 Å². The second-order valence-electron chi connectivity index (χ2n) is 4.59. The summed E-state index contributed by atoms with van der Waals surface area (Å²) < 4.78 is 44.8. The average molecular weight is 354 g/mol. The monoisotopic (exact) mass is 354 g/mol. The molecule has 1 saturated heterocycles. The minimum absolute atomic E-state index is 0.106. The van der Waals surface area contributed by atoms with Crippen molar-refractivity contribution in [2.45, 2.75) is 24.9 Å². The van der Waals surface area contributed by atoms with Crippen LogP contribution in [0.15, 0.2) is 17.5 Å². The molecule has 0 amide bonds. The Balaban J connectivity index is 2.51. The third-order valence-electron chi connectivity index (χ3n) is 3.20. The Kier molecular flexibility index (Phi) is 4.64. The van der Waals surface area contributed by atoms with Gasteiger partial charge in [0.1, 0.15) is 5.92 Å². The maximum absolute atomic E-state index is 13.4. The summed E-state index contributed by atoms with van der Waals surface area (Å²) in [5.41, 5.74) is -3.50. The van der Waals surface area contributed by atoms with Crippen molar-refractivity contribution in [3.8, 4) is 0 Å². The van der Waals surface area contributed by atoms with E-state index in [-0.39, 0.29) is 6.61 Å². The molecule has 0 bridgehead atoms. The van der Waals surface area contributed by atoms with Gasteiger partial charge in [-0.3, -0.25) is 4.79 Å². The van der Waals surface area contributed by atoms with Crippen LogP contribution in [0.1, 0.15) is 17.8 Å². The van der Waals surface area contributed by atoms with E-state index in [0.29, 0.717) is 4.88 Å². The van der Waals surface area contributed by atoms with Crippen LogP contribution in [0.2, 0.25) is 0 Å². The van der Waals surface area contributed by atoms with Gasteiger partial charge >= 0.3 is 12.1 Å². The minimum atomic E-state index is -5.12. The molecule has 1 aromatic heterocycles.